The average Bonchev–Trinajstić information content (AvgIpc) is 2.46. The van der Waals surface area contributed by atoms with Crippen LogP contribution in [0.25, 0.3) is 32.3 Å². The summed E-state index contributed by atoms with van der Waals surface area (Å²) in [5, 5.41) is 8.34. The summed E-state index contributed by atoms with van der Waals surface area (Å²) in [7, 11) is 0. The topological polar surface area (TPSA) is 0 Å². The zero-order valence-electron chi connectivity index (χ0n) is 10.2. The van der Waals surface area contributed by atoms with Crippen molar-refractivity contribution >= 4 is 43.9 Å². The van der Waals surface area contributed by atoms with Crippen molar-refractivity contribution in [2.24, 2.45) is 0 Å². The van der Waals surface area contributed by atoms with Gasteiger partial charge < -0.3 is 0 Å². The molecule has 0 spiro atoms. The Bertz CT molecular complexity index is 917. The second kappa shape index (κ2) is 3.97. The highest BCUT2D eigenvalue weighted by atomic mass is 35.5. The Labute approximate surface area is 116 Å². The van der Waals surface area contributed by atoms with Gasteiger partial charge in [-0.15, -0.1) is 0 Å². The molecule has 0 fully saturated rings. The Balaban J connectivity index is 2.36. The molecule has 0 saturated heterocycles. The molecule has 0 bridgehead atoms. The monoisotopic (exact) mass is 262 g/mol. The second-order valence-corrected chi connectivity index (χ2v) is 5.25. The Hall–Kier alpha value is -2.05. The maximum atomic E-state index is 6.17. The average molecular weight is 263 g/mol. The van der Waals surface area contributed by atoms with Crippen LogP contribution in [0.4, 0.5) is 0 Å². The number of hydrogen-bond acceptors (Lipinski definition) is 0. The minimum atomic E-state index is 0.785. The lowest BCUT2D eigenvalue weighted by Crippen LogP contribution is -1.81. The maximum absolute atomic E-state index is 6.17. The van der Waals surface area contributed by atoms with Crippen molar-refractivity contribution in [3.8, 4) is 0 Å². The van der Waals surface area contributed by atoms with Crippen molar-refractivity contribution < 1.29 is 0 Å². The van der Waals surface area contributed by atoms with Gasteiger partial charge in [0, 0.05) is 5.02 Å². The maximum Gasteiger partial charge on any atom is 0.0412 e. The highest BCUT2D eigenvalue weighted by Crippen LogP contribution is 2.33. The van der Waals surface area contributed by atoms with Crippen LogP contribution in [0.5, 0.6) is 0 Å². The first-order valence-corrected chi connectivity index (χ1v) is 6.70. The normalized spacial score (nSPS) is 11.4. The van der Waals surface area contributed by atoms with Crippen molar-refractivity contribution in [1.82, 2.24) is 0 Å². The SMILES string of the molecule is Clc1ccc2ccc3ccc4ccccc4c3c2c1. The van der Waals surface area contributed by atoms with Crippen molar-refractivity contribution in [3.63, 3.8) is 0 Å². The summed E-state index contributed by atoms with van der Waals surface area (Å²) in [6, 6.07) is 23.3. The summed E-state index contributed by atoms with van der Waals surface area (Å²) in [6.07, 6.45) is 0. The van der Waals surface area contributed by atoms with Gasteiger partial charge in [0.15, 0.2) is 0 Å². The number of hydrogen-bond donors (Lipinski definition) is 0. The van der Waals surface area contributed by atoms with Gasteiger partial charge in [-0.05, 0) is 44.5 Å². The molecule has 0 saturated carbocycles. The lowest BCUT2D eigenvalue weighted by molar-refractivity contribution is 1.77. The van der Waals surface area contributed by atoms with E-state index in [1.54, 1.807) is 0 Å². The minimum absolute atomic E-state index is 0.785. The lowest BCUT2D eigenvalue weighted by atomic mass is 9.97. The molecule has 0 aromatic heterocycles. The van der Waals surface area contributed by atoms with E-state index in [1.807, 2.05) is 6.07 Å². The summed E-state index contributed by atoms with van der Waals surface area (Å²) >= 11 is 6.17. The number of benzene rings is 4. The number of fused-ring (bicyclic) bond motifs is 5. The largest absolute Gasteiger partial charge is 0.0843 e. The van der Waals surface area contributed by atoms with Crippen LogP contribution in [0.15, 0.2) is 66.7 Å². The zero-order chi connectivity index (χ0) is 12.8. The van der Waals surface area contributed by atoms with Crippen LogP contribution in [0, 0.1) is 0 Å². The van der Waals surface area contributed by atoms with Gasteiger partial charge in [-0.25, -0.2) is 0 Å². The zero-order valence-corrected chi connectivity index (χ0v) is 11.0. The van der Waals surface area contributed by atoms with Gasteiger partial charge in [0.2, 0.25) is 0 Å². The first kappa shape index (κ1) is 10.8. The predicted molar refractivity (Wildman–Crippen MR) is 84.0 cm³/mol. The van der Waals surface area contributed by atoms with E-state index in [2.05, 4.69) is 60.7 Å². The van der Waals surface area contributed by atoms with Crippen molar-refractivity contribution in [3.05, 3.63) is 71.8 Å². The summed E-state index contributed by atoms with van der Waals surface area (Å²) in [6.45, 7) is 0. The molecule has 19 heavy (non-hydrogen) atoms. The molecule has 0 aliphatic rings. The number of rotatable bonds is 0. The van der Waals surface area contributed by atoms with Crippen molar-refractivity contribution in [2.75, 3.05) is 0 Å². The standard InChI is InChI=1S/C18H11Cl/c19-15-10-9-13-6-8-14-7-5-12-3-1-2-4-16(12)18(14)17(13)11-15/h1-11H. The van der Waals surface area contributed by atoms with Crippen LogP contribution in [-0.4, -0.2) is 0 Å². The molecule has 4 aromatic rings. The molecule has 0 amide bonds. The van der Waals surface area contributed by atoms with Crippen LogP contribution < -0.4 is 0 Å². The molecular formula is C18H11Cl. The predicted octanol–water partition coefficient (Wildman–Crippen LogP) is 5.80. The molecule has 0 heterocycles. The molecule has 0 atom stereocenters. The van der Waals surface area contributed by atoms with Crippen LogP contribution in [0.3, 0.4) is 0 Å². The third kappa shape index (κ3) is 1.61. The van der Waals surface area contributed by atoms with Gasteiger partial charge in [-0.1, -0.05) is 66.2 Å². The van der Waals surface area contributed by atoms with E-state index in [1.165, 1.54) is 32.3 Å². The van der Waals surface area contributed by atoms with Gasteiger partial charge in [-0.2, -0.15) is 0 Å². The van der Waals surface area contributed by atoms with Crippen LogP contribution in [-0.2, 0) is 0 Å². The summed E-state index contributed by atoms with van der Waals surface area (Å²) in [4.78, 5) is 0. The summed E-state index contributed by atoms with van der Waals surface area (Å²) < 4.78 is 0. The Morgan fingerprint density at radius 1 is 0.579 bits per heavy atom. The van der Waals surface area contributed by atoms with Gasteiger partial charge >= 0.3 is 0 Å². The highest BCUT2D eigenvalue weighted by molar-refractivity contribution is 6.32. The molecule has 0 N–H and O–H groups in total. The Morgan fingerprint density at radius 3 is 2.05 bits per heavy atom. The molecule has 0 aliphatic carbocycles. The molecule has 4 aromatic carbocycles. The van der Waals surface area contributed by atoms with E-state index in [0.29, 0.717) is 0 Å². The highest BCUT2D eigenvalue weighted by Gasteiger charge is 2.05. The Kier molecular flexibility index (Phi) is 2.27. The van der Waals surface area contributed by atoms with E-state index < -0.39 is 0 Å². The van der Waals surface area contributed by atoms with E-state index in [4.69, 9.17) is 11.6 Å². The van der Waals surface area contributed by atoms with Crippen molar-refractivity contribution in [1.29, 1.82) is 0 Å². The fourth-order valence-electron chi connectivity index (χ4n) is 2.80. The molecule has 0 radical (unpaired) electrons. The van der Waals surface area contributed by atoms with Crippen molar-refractivity contribution in [2.45, 2.75) is 0 Å². The van der Waals surface area contributed by atoms with E-state index in [-0.39, 0.29) is 0 Å². The van der Waals surface area contributed by atoms with Gasteiger partial charge in [0.05, 0.1) is 0 Å². The fourth-order valence-corrected chi connectivity index (χ4v) is 2.97. The smallest absolute Gasteiger partial charge is 0.0412 e. The van der Waals surface area contributed by atoms with E-state index in [9.17, 15) is 0 Å². The van der Waals surface area contributed by atoms with Crippen LogP contribution in [0.1, 0.15) is 0 Å². The first-order valence-electron chi connectivity index (χ1n) is 6.33. The molecule has 4 rings (SSSR count). The number of halogens is 1. The molecule has 0 aliphatic heterocycles. The molecule has 0 unspecified atom stereocenters. The second-order valence-electron chi connectivity index (χ2n) is 4.82. The molecule has 1 heteroatoms. The third-order valence-electron chi connectivity index (χ3n) is 3.69. The lowest BCUT2D eigenvalue weighted by Gasteiger charge is -2.08. The van der Waals surface area contributed by atoms with Gasteiger partial charge in [0.25, 0.3) is 0 Å². The summed E-state index contributed by atoms with van der Waals surface area (Å²) in [5.74, 6) is 0. The Morgan fingerprint density at radius 2 is 1.21 bits per heavy atom. The van der Waals surface area contributed by atoms with Crippen LogP contribution >= 0.6 is 11.6 Å². The first-order chi connectivity index (χ1) is 9.33. The molecule has 0 nitrogen and oxygen atoms in total. The fraction of sp³-hybridized carbons (Fsp3) is 0. The van der Waals surface area contributed by atoms with Gasteiger partial charge in [-0.3, -0.25) is 0 Å². The minimum Gasteiger partial charge on any atom is -0.0843 e. The molecule has 90 valence electrons. The van der Waals surface area contributed by atoms with E-state index >= 15 is 0 Å². The van der Waals surface area contributed by atoms with E-state index in [0.717, 1.165) is 5.02 Å². The quantitative estimate of drug-likeness (QED) is 0.351. The third-order valence-corrected chi connectivity index (χ3v) is 3.92. The van der Waals surface area contributed by atoms with Crippen LogP contribution in [0.2, 0.25) is 5.02 Å². The van der Waals surface area contributed by atoms with Gasteiger partial charge in [0.1, 0.15) is 0 Å². The molecular weight excluding hydrogens is 252 g/mol. The summed E-state index contributed by atoms with van der Waals surface area (Å²) in [5.41, 5.74) is 0.